The summed E-state index contributed by atoms with van der Waals surface area (Å²) in [5.41, 5.74) is 1.16. The highest BCUT2D eigenvalue weighted by Crippen LogP contribution is 2.20. The fourth-order valence-electron chi connectivity index (χ4n) is 3.04. The number of benzene rings is 3. The van der Waals surface area contributed by atoms with Crippen LogP contribution in [0.15, 0.2) is 91.5 Å². The summed E-state index contributed by atoms with van der Waals surface area (Å²) in [4.78, 5) is 35.4. The zero-order valence-electron chi connectivity index (χ0n) is 21.4. The number of methoxy groups -OCH3 is 1. The second-order valence-corrected chi connectivity index (χ2v) is 7.75. The molecule has 9 nitrogen and oxygen atoms in total. The number of hydrogen-bond acceptors (Lipinski definition) is 9. The van der Waals surface area contributed by atoms with Crippen molar-refractivity contribution in [2.24, 2.45) is 0 Å². The Morgan fingerprint density at radius 2 is 1.28 bits per heavy atom. The van der Waals surface area contributed by atoms with Crippen LogP contribution in [0.1, 0.15) is 15.9 Å². The molecular weight excluding hydrogens is 504 g/mol. The standard InChI is InChI=1S/C30H28O9/c1-3-28(31)37-21-19-35-18-20-36-25-11-7-23(8-12-25)30(33)39-27-15-13-26(14-16-27)38-29(32)17-6-22-4-9-24(34-2)10-5-22/h3-17H,1,18-21H2,2H3/b17-6+. The van der Waals surface area contributed by atoms with E-state index in [-0.39, 0.29) is 19.8 Å². The van der Waals surface area contributed by atoms with Crippen LogP contribution in [0, 0.1) is 0 Å². The summed E-state index contributed by atoms with van der Waals surface area (Å²) in [6, 6.07) is 19.8. The van der Waals surface area contributed by atoms with Crippen molar-refractivity contribution in [1.82, 2.24) is 0 Å². The lowest BCUT2D eigenvalue weighted by atomic mass is 10.2. The molecule has 0 spiro atoms. The van der Waals surface area contributed by atoms with E-state index in [4.69, 9.17) is 28.4 Å². The molecule has 9 heteroatoms. The highest BCUT2D eigenvalue weighted by atomic mass is 16.6. The third-order valence-electron chi connectivity index (χ3n) is 5.01. The molecule has 3 aromatic carbocycles. The molecule has 0 atom stereocenters. The van der Waals surface area contributed by atoms with E-state index in [0.717, 1.165) is 17.4 Å². The van der Waals surface area contributed by atoms with Gasteiger partial charge in [0, 0.05) is 12.2 Å². The van der Waals surface area contributed by atoms with Crippen LogP contribution in [0.3, 0.4) is 0 Å². The molecule has 0 bridgehead atoms. The Bertz CT molecular complexity index is 1260. The van der Waals surface area contributed by atoms with Crippen molar-refractivity contribution in [3.63, 3.8) is 0 Å². The Morgan fingerprint density at radius 1 is 0.692 bits per heavy atom. The Morgan fingerprint density at radius 3 is 1.92 bits per heavy atom. The minimum atomic E-state index is -0.550. The summed E-state index contributed by atoms with van der Waals surface area (Å²) in [5.74, 6) is 0.292. The SMILES string of the molecule is C=CC(=O)OCCOCCOc1ccc(C(=O)Oc2ccc(OC(=O)/C=C/c3ccc(OC)cc3)cc2)cc1. The van der Waals surface area contributed by atoms with E-state index in [1.54, 1.807) is 49.6 Å². The van der Waals surface area contributed by atoms with Crippen molar-refractivity contribution in [3.8, 4) is 23.0 Å². The van der Waals surface area contributed by atoms with E-state index in [1.807, 2.05) is 12.1 Å². The number of carbonyl (C=O) groups is 3. The number of ether oxygens (including phenoxy) is 6. The fraction of sp³-hybridized carbons (Fsp3) is 0.167. The first-order chi connectivity index (χ1) is 19.0. The van der Waals surface area contributed by atoms with E-state index in [1.165, 1.54) is 30.3 Å². The van der Waals surface area contributed by atoms with Gasteiger partial charge in [-0.15, -0.1) is 0 Å². The van der Waals surface area contributed by atoms with Crippen LogP contribution >= 0.6 is 0 Å². The Balaban J connectivity index is 1.39. The summed E-state index contributed by atoms with van der Waals surface area (Å²) in [5, 5.41) is 0. The Kier molecular flexibility index (Phi) is 11.3. The minimum Gasteiger partial charge on any atom is -0.497 e. The van der Waals surface area contributed by atoms with E-state index in [9.17, 15) is 14.4 Å². The molecule has 0 aliphatic carbocycles. The third kappa shape index (κ3) is 10.2. The van der Waals surface area contributed by atoms with Gasteiger partial charge in [-0.2, -0.15) is 0 Å². The summed E-state index contributed by atoms with van der Waals surface area (Å²) in [7, 11) is 1.58. The van der Waals surface area contributed by atoms with Gasteiger partial charge in [0.2, 0.25) is 0 Å². The van der Waals surface area contributed by atoms with Gasteiger partial charge in [0.15, 0.2) is 0 Å². The smallest absolute Gasteiger partial charge is 0.343 e. The Labute approximate surface area is 226 Å². The zero-order valence-corrected chi connectivity index (χ0v) is 21.4. The molecule has 0 saturated heterocycles. The van der Waals surface area contributed by atoms with Crippen LogP contribution in [0.4, 0.5) is 0 Å². The maximum absolute atomic E-state index is 12.5. The van der Waals surface area contributed by atoms with Crippen LogP contribution in [0.2, 0.25) is 0 Å². The monoisotopic (exact) mass is 532 g/mol. The van der Waals surface area contributed by atoms with E-state index in [0.29, 0.717) is 29.4 Å². The summed E-state index contributed by atoms with van der Waals surface area (Å²) < 4.78 is 31.4. The van der Waals surface area contributed by atoms with Crippen molar-refractivity contribution < 1.29 is 42.8 Å². The van der Waals surface area contributed by atoms with Gasteiger partial charge in [-0.25, -0.2) is 14.4 Å². The molecule has 0 aliphatic rings. The Hall–Kier alpha value is -4.89. The highest BCUT2D eigenvalue weighted by Gasteiger charge is 2.10. The molecule has 0 radical (unpaired) electrons. The van der Waals surface area contributed by atoms with Crippen LogP contribution in [-0.2, 0) is 19.1 Å². The maximum Gasteiger partial charge on any atom is 0.343 e. The molecule has 0 aromatic heterocycles. The maximum atomic E-state index is 12.5. The molecule has 39 heavy (non-hydrogen) atoms. The fourth-order valence-corrected chi connectivity index (χ4v) is 3.04. The minimum absolute atomic E-state index is 0.137. The van der Waals surface area contributed by atoms with Gasteiger partial charge in [0.25, 0.3) is 0 Å². The largest absolute Gasteiger partial charge is 0.497 e. The number of carbonyl (C=O) groups excluding carboxylic acids is 3. The van der Waals surface area contributed by atoms with Gasteiger partial charge in [-0.3, -0.25) is 0 Å². The van der Waals surface area contributed by atoms with Crippen molar-refractivity contribution in [3.05, 3.63) is 103 Å². The molecule has 0 unspecified atom stereocenters. The first kappa shape index (κ1) is 28.7. The molecule has 0 N–H and O–H groups in total. The van der Waals surface area contributed by atoms with E-state index < -0.39 is 17.9 Å². The average Bonchev–Trinajstić information content (AvgIpc) is 2.97. The summed E-state index contributed by atoms with van der Waals surface area (Å²) in [6.07, 6.45) is 4.04. The number of rotatable bonds is 14. The normalized spacial score (nSPS) is 10.5. The first-order valence-electron chi connectivity index (χ1n) is 11.9. The van der Waals surface area contributed by atoms with Gasteiger partial charge in [-0.05, 0) is 72.3 Å². The second-order valence-electron chi connectivity index (χ2n) is 7.75. The molecule has 202 valence electrons. The lowest BCUT2D eigenvalue weighted by molar-refractivity contribution is -0.139. The molecule has 0 heterocycles. The topological polar surface area (TPSA) is 107 Å². The van der Waals surface area contributed by atoms with Crippen molar-refractivity contribution in [2.75, 3.05) is 33.5 Å². The molecule has 0 fully saturated rings. The van der Waals surface area contributed by atoms with Gasteiger partial charge in [0.05, 0.1) is 25.9 Å². The molecule has 0 amide bonds. The molecule has 0 saturated carbocycles. The van der Waals surface area contributed by atoms with Crippen molar-refractivity contribution in [2.45, 2.75) is 0 Å². The van der Waals surface area contributed by atoms with Gasteiger partial charge >= 0.3 is 17.9 Å². The third-order valence-corrected chi connectivity index (χ3v) is 5.01. The quantitative estimate of drug-likeness (QED) is 0.127. The zero-order chi connectivity index (χ0) is 27.9. The average molecular weight is 533 g/mol. The lowest BCUT2D eigenvalue weighted by Gasteiger charge is -2.09. The number of hydrogen-bond donors (Lipinski definition) is 0. The molecule has 3 aromatic rings. The van der Waals surface area contributed by atoms with Gasteiger partial charge in [-0.1, -0.05) is 18.7 Å². The first-order valence-corrected chi connectivity index (χ1v) is 11.9. The van der Waals surface area contributed by atoms with Crippen LogP contribution in [0.25, 0.3) is 6.08 Å². The molecule has 0 aliphatic heterocycles. The van der Waals surface area contributed by atoms with Crippen LogP contribution in [0.5, 0.6) is 23.0 Å². The summed E-state index contributed by atoms with van der Waals surface area (Å²) >= 11 is 0. The predicted octanol–water partition coefficient (Wildman–Crippen LogP) is 4.66. The lowest BCUT2D eigenvalue weighted by Crippen LogP contribution is -2.12. The summed E-state index contributed by atoms with van der Waals surface area (Å²) in [6.45, 7) is 4.28. The van der Waals surface area contributed by atoms with E-state index in [2.05, 4.69) is 6.58 Å². The van der Waals surface area contributed by atoms with Crippen LogP contribution < -0.4 is 18.9 Å². The second kappa shape index (κ2) is 15.4. The predicted molar refractivity (Wildman–Crippen MR) is 143 cm³/mol. The number of esters is 3. The molecule has 3 rings (SSSR count). The van der Waals surface area contributed by atoms with Crippen molar-refractivity contribution in [1.29, 1.82) is 0 Å². The van der Waals surface area contributed by atoms with Crippen molar-refractivity contribution >= 4 is 24.0 Å². The van der Waals surface area contributed by atoms with E-state index >= 15 is 0 Å². The molecular formula is C30H28O9. The van der Waals surface area contributed by atoms with Gasteiger partial charge < -0.3 is 28.4 Å². The highest BCUT2D eigenvalue weighted by molar-refractivity contribution is 5.91. The van der Waals surface area contributed by atoms with Gasteiger partial charge in [0.1, 0.15) is 36.2 Å². The van der Waals surface area contributed by atoms with Crippen LogP contribution in [-0.4, -0.2) is 51.4 Å².